The van der Waals surface area contributed by atoms with Crippen LogP contribution >= 0.6 is 0 Å². The quantitative estimate of drug-likeness (QED) is 0.787. The minimum absolute atomic E-state index is 0.228. The fourth-order valence-corrected chi connectivity index (χ4v) is 4.86. The van der Waals surface area contributed by atoms with Crippen molar-refractivity contribution in [3.8, 4) is 0 Å². The lowest BCUT2D eigenvalue weighted by Gasteiger charge is -2.25. The number of carbonyl (C=O) groups is 2. The molecule has 1 aliphatic heterocycles. The largest absolute Gasteiger partial charge is 0.464 e. The Morgan fingerprint density at radius 2 is 1.92 bits per heavy atom. The van der Waals surface area contributed by atoms with Crippen LogP contribution in [0.15, 0.2) is 30.3 Å². The maximum absolute atomic E-state index is 12.7. The topological polar surface area (TPSA) is 55.8 Å². The SMILES string of the molecule is CCOC(=O)[C@@H]1[C@H]2CCC3(CC3)C2CN1C(=O)OCc1ccccc1. The molecule has 5 nitrogen and oxygen atoms in total. The molecule has 2 aliphatic carbocycles. The third-order valence-electron chi connectivity index (χ3n) is 6.27. The lowest BCUT2D eigenvalue weighted by molar-refractivity contribution is -0.149. The van der Waals surface area contributed by atoms with Crippen molar-refractivity contribution in [2.24, 2.45) is 17.3 Å². The van der Waals surface area contributed by atoms with Crippen molar-refractivity contribution in [2.75, 3.05) is 13.2 Å². The van der Waals surface area contributed by atoms with Crippen molar-refractivity contribution in [2.45, 2.75) is 45.3 Å². The van der Waals surface area contributed by atoms with E-state index in [9.17, 15) is 9.59 Å². The first kappa shape index (κ1) is 16.4. The summed E-state index contributed by atoms with van der Waals surface area (Å²) in [6, 6.07) is 9.14. The molecule has 0 N–H and O–H groups in total. The third kappa shape index (κ3) is 2.90. The number of hydrogen-bond acceptors (Lipinski definition) is 4. The smallest absolute Gasteiger partial charge is 0.410 e. The molecular formula is C20H25NO4. The van der Waals surface area contributed by atoms with Gasteiger partial charge in [0.15, 0.2) is 0 Å². The van der Waals surface area contributed by atoms with Crippen molar-refractivity contribution in [1.29, 1.82) is 0 Å². The molecule has 1 aromatic carbocycles. The van der Waals surface area contributed by atoms with E-state index in [1.807, 2.05) is 30.3 Å². The maximum atomic E-state index is 12.7. The second-order valence-electron chi connectivity index (χ2n) is 7.56. The average Bonchev–Trinajstić information content (AvgIpc) is 3.19. The van der Waals surface area contributed by atoms with Crippen molar-refractivity contribution >= 4 is 12.1 Å². The highest BCUT2D eigenvalue weighted by Crippen LogP contribution is 2.66. The molecule has 134 valence electrons. The van der Waals surface area contributed by atoms with E-state index < -0.39 is 12.1 Å². The summed E-state index contributed by atoms with van der Waals surface area (Å²) < 4.78 is 10.8. The summed E-state index contributed by atoms with van der Waals surface area (Å²) in [4.78, 5) is 26.9. The van der Waals surface area contributed by atoms with E-state index in [-0.39, 0.29) is 18.5 Å². The zero-order valence-corrected chi connectivity index (χ0v) is 14.6. The summed E-state index contributed by atoms with van der Waals surface area (Å²) in [5.74, 6) is 0.376. The van der Waals surface area contributed by atoms with Crippen LogP contribution < -0.4 is 0 Å². The molecule has 5 heteroatoms. The Bertz CT molecular complexity index is 655. The Morgan fingerprint density at radius 3 is 2.60 bits per heavy atom. The molecule has 3 fully saturated rings. The highest BCUT2D eigenvalue weighted by atomic mass is 16.6. The predicted molar refractivity (Wildman–Crippen MR) is 91.6 cm³/mol. The summed E-state index contributed by atoms with van der Waals surface area (Å²) in [7, 11) is 0. The van der Waals surface area contributed by atoms with Gasteiger partial charge in [-0.15, -0.1) is 0 Å². The normalized spacial score (nSPS) is 28.7. The molecule has 1 amide bonds. The van der Waals surface area contributed by atoms with Gasteiger partial charge in [-0.2, -0.15) is 0 Å². The Hall–Kier alpha value is -2.04. The number of esters is 1. The molecule has 1 saturated heterocycles. The van der Waals surface area contributed by atoms with E-state index in [2.05, 4.69) is 0 Å². The fourth-order valence-electron chi connectivity index (χ4n) is 4.86. The number of hydrogen-bond donors (Lipinski definition) is 0. The van der Waals surface area contributed by atoms with Gasteiger partial charge in [-0.05, 0) is 55.4 Å². The Kier molecular flexibility index (Phi) is 4.18. The van der Waals surface area contributed by atoms with Gasteiger partial charge in [0.25, 0.3) is 0 Å². The minimum Gasteiger partial charge on any atom is -0.464 e. The van der Waals surface area contributed by atoms with Gasteiger partial charge >= 0.3 is 12.1 Å². The van der Waals surface area contributed by atoms with Crippen molar-refractivity contribution in [1.82, 2.24) is 4.90 Å². The summed E-state index contributed by atoms with van der Waals surface area (Å²) in [5, 5.41) is 0. The van der Waals surface area contributed by atoms with Gasteiger partial charge in [-0.25, -0.2) is 9.59 Å². The predicted octanol–water partition coefficient (Wildman–Crippen LogP) is 3.38. The van der Waals surface area contributed by atoms with Crippen LogP contribution in [-0.2, 0) is 20.9 Å². The monoisotopic (exact) mass is 343 g/mol. The number of benzene rings is 1. The molecular weight excluding hydrogens is 318 g/mol. The minimum atomic E-state index is -0.479. The molecule has 1 aromatic rings. The van der Waals surface area contributed by atoms with Crippen LogP contribution in [0.5, 0.6) is 0 Å². The van der Waals surface area contributed by atoms with E-state index >= 15 is 0 Å². The molecule has 3 atom stereocenters. The molecule has 0 radical (unpaired) electrons. The van der Waals surface area contributed by atoms with Crippen LogP contribution in [0.3, 0.4) is 0 Å². The van der Waals surface area contributed by atoms with Gasteiger partial charge < -0.3 is 9.47 Å². The number of rotatable bonds is 4. The van der Waals surface area contributed by atoms with Gasteiger partial charge in [0.2, 0.25) is 0 Å². The van der Waals surface area contributed by atoms with Crippen LogP contribution in [0, 0.1) is 17.3 Å². The Morgan fingerprint density at radius 1 is 1.16 bits per heavy atom. The average molecular weight is 343 g/mol. The molecule has 0 bridgehead atoms. The highest BCUT2D eigenvalue weighted by Gasteiger charge is 2.64. The van der Waals surface area contributed by atoms with Crippen molar-refractivity contribution in [3.63, 3.8) is 0 Å². The third-order valence-corrected chi connectivity index (χ3v) is 6.27. The lowest BCUT2D eigenvalue weighted by Crippen LogP contribution is -2.44. The highest BCUT2D eigenvalue weighted by molar-refractivity contribution is 5.83. The molecule has 2 saturated carbocycles. The zero-order valence-electron chi connectivity index (χ0n) is 14.6. The number of amides is 1. The van der Waals surface area contributed by atoms with E-state index in [1.54, 1.807) is 11.8 Å². The van der Waals surface area contributed by atoms with Gasteiger partial charge in [0.05, 0.1) is 6.61 Å². The van der Waals surface area contributed by atoms with Crippen LogP contribution in [0.25, 0.3) is 0 Å². The molecule has 1 heterocycles. The van der Waals surface area contributed by atoms with E-state index in [4.69, 9.17) is 9.47 Å². The van der Waals surface area contributed by atoms with E-state index in [0.717, 1.165) is 12.0 Å². The number of nitrogens with zero attached hydrogens (tertiary/aromatic N) is 1. The second kappa shape index (κ2) is 6.36. The first-order chi connectivity index (χ1) is 12.1. The first-order valence-corrected chi connectivity index (χ1v) is 9.28. The van der Waals surface area contributed by atoms with Gasteiger partial charge in [-0.1, -0.05) is 30.3 Å². The van der Waals surface area contributed by atoms with Gasteiger partial charge in [-0.3, -0.25) is 4.90 Å². The summed E-state index contributed by atoms with van der Waals surface area (Å²) in [6.07, 6.45) is 4.27. The van der Waals surface area contributed by atoms with Crippen LogP contribution in [0.4, 0.5) is 4.79 Å². The van der Waals surface area contributed by atoms with Crippen molar-refractivity contribution in [3.05, 3.63) is 35.9 Å². The van der Waals surface area contributed by atoms with Crippen LogP contribution in [0.2, 0.25) is 0 Å². The standard InChI is InChI=1S/C20H25NO4/c1-2-24-18(22)17-15-8-9-20(10-11-20)16(15)12-21(17)19(23)25-13-14-6-4-3-5-7-14/h3-7,15-17H,2,8-13H2,1H3/t15-,16?,17-/m0/s1. The molecule has 3 aliphatic rings. The molecule has 1 unspecified atom stereocenters. The van der Waals surface area contributed by atoms with Crippen LogP contribution in [-0.4, -0.2) is 36.2 Å². The van der Waals surface area contributed by atoms with Crippen molar-refractivity contribution < 1.29 is 19.1 Å². The van der Waals surface area contributed by atoms with Gasteiger partial charge in [0, 0.05) is 6.54 Å². The zero-order chi connectivity index (χ0) is 17.4. The molecule has 1 spiro atoms. The lowest BCUT2D eigenvalue weighted by atomic mass is 9.87. The van der Waals surface area contributed by atoms with Gasteiger partial charge in [0.1, 0.15) is 12.6 Å². The number of likely N-dealkylation sites (tertiary alicyclic amines) is 1. The summed E-state index contributed by atoms with van der Waals surface area (Å²) in [5.41, 5.74) is 1.32. The Balaban J connectivity index is 1.48. The van der Waals surface area contributed by atoms with Crippen LogP contribution in [0.1, 0.15) is 38.2 Å². The van der Waals surface area contributed by atoms with E-state index in [1.165, 1.54) is 19.3 Å². The first-order valence-electron chi connectivity index (χ1n) is 9.28. The number of fused-ring (bicyclic) bond motifs is 2. The second-order valence-corrected chi connectivity index (χ2v) is 7.56. The van der Waals surface area contributed by atoms with E-state index in [0.29, 0.717) is 24.5 Å². The Labute approximate surface area is 148 Å². The summed E-state index contributed by atoms with van der Waals surface area (Å²) >= 11 is 0. The molecule has 25 heavy (non-hydrogen) atoms. The molecule has 4 rings (SSSR count). The summed E-state index contributed by atoms with van der Waals surface area (Å²) in [6.45, 7) is 3.00. The number of ether oxygens (including phenoxy) is 2. The fraction of sp³-hybridized carbons (Fsp3) is 0.600. The number of carbonyl (C=O) groups excluding carboxylic acids is 2. The maximum Gasteiger partial charge on any atom is 0.410 e. The molecule has 0 aromatic heterocycles.